The van der Waals surface area contributed by atoms with Crippen LogP contribution in [-0.2, 0) is 4.79 Å². The molecule has 2 nitrogen and oxygen atoms in total. The molecule has 2 rings (SSSR count). The molecule has 0 spiro atoms. The lowest BCUT2D eigenvalue weighted by molar-refractivity contribution is -0.123. The predicted molar refractivity (Wildman–Crippen MR) is 57.2 cm³/mol. The zero-order valence-electron chi connectivity index (χ0n) is 9.17. The van der Waals surface area contributed by atoms with Crippen molar-refractivity contribution >= 4 is 5.78 Å². The van der Waals surface area contributed by atoms with Crippen LogP contribution in [-0.4, -0.2) is 29.8 Å². The third kappa shape index (κ3) is 2.17. The molecule has 1 heterocycles. The van der Waals surface area contributed by atoms with Crippen LogP contribution in [0.15, 0.2) is 0 Å². The first-order valence-electron chi connectivity index (χ1n) is 6.02. The Morgan fingerprint density at radius 2 is 2.00 bits per heavy atom. The number of carbonyl (C=O) groups is 1. The van der Waals surface area contributed by atoms with Crippen LogP contribution in [0, 0.1) is 5.92 Å². The summed E-state index contributed by atoms with van der Waals surface area (Å²) in [5.41, 5.74) is 0. The summed E-state index contributed by atoms with van der Waals surface area (Å²) < 4.78 is 0. The van der Waals surface area contributed by atoms with Crippen LogP contribution in [0.1, 0.15) is 45.4 Å². The smallest absolute Gasteiger partial charge is 0.146 e. The number of piperidine rings is 1. The van der Waals surface area contributed by atoms with E-state index in [2.05, 4.69) is 4.90 Å². The van der Waals surface area contributed by atoms with Crippen molar-refractivity contribution in [2.24, 2.45) is 5.92 Å². The zero-order valence-corrected chi connectivity index (χ0v) is 9.17. The SMILES string of the molecule is CC(=O)C1CCCCN1CC1CCC1. The Morgan fingerprint density at radius 1 is 1.21 bits per heavy atom. The second kappa shape index (κ2) is 4.43. The lowest BCUT2D eigenvalue weighted by Crippen LogP contribution is -2.46. The lowest BCUT2D eigenvalue weighted by atomic mass is 9.84. The summed E-state index contributed by atoms with van der Waals surface area (Å²) in [6.45, 7) is 4.09. The topological polar surface area (TPSA) is 20.3 Å². The number of Topliss-reactive ketones (excluding diaryl/α,β-unsaturated/α-hetero) is 1. The zero-order chi connectivity index (χ0) is 9.97. The fraction of sp³-hybridized carbons (Fsp3) is 0.917. The molecule has 1 aliphatic carbocycles. The second-order valence-corrected chi connectivity index (χ2v) is 4.91. The van der Waals surface area contributed by atoms with Gasteiger partial charge in [0.1, 0.15) is 5.78 Å². The minimum atomic E-state index is 0.254. The van der Waals surface area contributed by atoms with Gasteiger partial charge in [0.25, 0.3) is 0 Å². The maximum absolute atomic E-state index is 11.5. The van der Waals surface area contributed by atoms with Gasteiger partial charge in [-0.3, -0.25) is 9.69 Å². The molecule has 0 aromatic heterocycles. The molecule has 14 heavy (non-hydrogen) atoms. The summed E-state index contributed by atoms with van der Waals surface area (Å²) in [7, 11) is 0. The van der Waals surface area contributed by atoms with Crippen molar-refractivity contribution < 1.29 is 4.79 Å². The van der Waals surface area contributed by atoms with E-state index in [0.29, 0.717) is 5.78 Å². The van der Waals surface area contributed by atoms with Gasteiger partial charge in [-0.1, -0.05) is 12.8 Å². The van der Waals surface area contributed by atoms with Gasteiger partial charge in [0.2, 0.25) is 0 Å². The van der Waals surface area contributed by atoms with E-state index < -0.39 is 0 Å². The molecular weight excluding hydrogens is 174 g/mol. The number of likely N-dealkylation sites (tertiary alicyclic amines) is 1. The fourth-order valence-electron chi connectivity index (χ4n) is 2.68. The van der Waals surface area contributed by atoms with Crippen molar-refractivity contribution in [3.05, 3.63) is 0 Å². The number of ketones is 1. The molecule has 0 amide bonds. The Morgan fingerprint density at radius 3 is 2.57 bits per heavy atom. The van der Waals surface area contributed by atoms with Gasteiger partial charge in [-0.25, -0.2) is 0 Å². The lowest BCUT2D eigenvalue weighted by Gasteiger charge is -2.39. The van der Waals surface area contributed by atoms with E-state index in [9.17, 15) is 4.79 Å². The summed E-state index contributed by atoms with van der Waals surface area (Å²) in [6.07, 6.45) is 7.81. The van der Waals surface area contributed by atoms with Crippen molar-refractivity contribution in [3.8, 4) is 0 Å². The molecule has 1 saturated carbocycles. The number of carbonyl (C=O) groups excluding carboxylic acids is 1. The van der Waals surface area contributed by atoms with Gasteiger partial charge >= 0.3 is 0 Å². The quantitative estimate of drug-likeness (QED) is 0.688. The van der Waals surface area contributed by atoms with Gasteiger partial charge < -0.3 is 0 Å². The molecule has 1 atom stereocenters. The van der Waals surface area contributed by atoms with E-state index in [4.69, 9.17) is 0 Å². The van der Waals surface area contributed by atoms with Crippen LogP contribution in [0.25, 0.3) is 0 Å². The van der Waals surface area contributed by atoms with E-state index in [0.717, 1.165) is 18.9 Å². The highest BCUT2D eigenvalue weighted by Crippen LogP contribution is 2.29. The van der Waals surface area contributed by atoms with E-state index in [1.54, 1.807) is 6.92 Å². The van der Waals surface area contributed by atoms with Crippen LogP contribution < -0.4 is 0 Å². The monoisotopic (exact) mass is 195 g/mol. The van der Waals surface area contributed by atoms with Crippen molar-refractivity contribution in [1.82, 2.24) is 4.90 Å². The summed E-state index contributed by atoms with van der Waals surface area (Å²) >= 11 is 0. The van der Waals surface area contributed by atoms with Crippen molar-refractivity contribution in [3.63, 3.8) is 0 Å². The average molecular weight is 195 g/mol. The Hall–Kier alpha value is -0.370. The molecular formula is C12H21NO. The third-order valence-electron chi connectivity index (χ3n) is 3.80. The summed E-state index contributed by atoms with van der Waals surface area (Å²) in [5, 5.41) is 0. The van der Waals surface area contributed by atoms with Crippen molar-refractivity contribution in [1.29, 1.82) is 0 Å². The van der Waals surface area contributed by atoms with E-state index in [-0.39, 0.29) is 6.04 Å². The van der Waals surface area contributed by atoms with Gasteiger partial charge in [0, 0.05) is 6.54 Å². The first kappa shape index (κ1) is 10.2. The van der Waals surface area contributed by atoms with E-state index in [1.165, 1.54) is 38.6 Å². The van der Waals surface area contributed by atoms with Gasteiger partial charge in [-0.15, -0.1) is 0 Å². The molecule has 2 fully saturated rings. The fourth-order valence-corrected chi connectivity index (χ4v) is 2.68. The third-order valence-corrected chi connectivity index (χ3v) is 3.80. The maximum Gasteiger partial charge on any atom is 0.146 e. The number of hydrogen-bond donors (Lipinski definition) is 0. The van der Waals surface area contributed by atoms with Crippen LogP contribution in [0.5, 0.6) is 0 Å². The van der Waals surface area contributed by atoms with Gasteiger partial charge in [0.05, 0.1) is 6.04 Å². The molecule has 0 bridgehead atoms. The minimum absolute atomic E-state index is 0.254. The Balaban J connectivity index is 1.88. The van der Waals surface area contributed by atoms with E-state index in [1.807, 2.05) is 0 Å². The molecule has 1 unspecified atom stereocenters. The highest BCUT2D eigenvalue weighted by atomic mass is 16.1. The highest BCUT2D eigenvalue weighted by molar-refractivity contribution is 5.81. The second-order valence-electron chi connectivity index (χ2n) is 4.91. The predicted octanol–water partition coefficient (Wildman–Crippen LogP) is 2.23. The molecule has 1 saturated heterocycles. The molecule has 1 aliphatic heterocycles. The van der Waals surface area contributed by atoms with Gasteiger partial charge in [-0.2, -0.15) is 0 Å². The van der Waals surface area contributed by atoms with Crippen molar-refractivity contribution in [2.75, 3.05) is 13.1 Å². The highest BCUT2D eigenvalue weighted by Gasteiger charge is 2.29. The van der Waals surface area contributed by atoms with Crippen LogP contribution in [0.4, 0.5) is 0 Å². The molecule has 0 radical (unpaired) electrons. The molecule has 2 aliphatic rings. The summed E-state index contributed by atoms with van der Waals surface area (Å²) in [4.78, 5) is 13.9. The maximum atomic E-state index is 11.5. The first-order valence-corrected chi connectivity index (χ1v) is 6.02. The number of nitrogens with zero attached hydrogens (tertiary/aromatic N) is 1. The average Bonchev–Trinajstić information content (AvgIpc) is 2.12. The Labute approximate surface area is 86.7 Å². The normalized spacial score (nSPS) is 29.9. The molecule has 2 heteroatoms. The minimum Gasteiger partial charge on any atom is -0.298 e. The van der Waals surface area contributed by atoms with Crippen molar-refractivity contribution in [2.45, 2.75) is 51.5 Å². The molecule has 0 aromatic carbocycles. The largest absolute Gasteiger partial charge is 0.298 e. The summed E-state index contributed by atoms with van der Waals surface area (Å²) in [5.74, 6) is 1.28. The van der Waals surface area contributed by atoms with Gasteiger partial charge in [0.15, 0.2) is 0 Å². The summed E-state index contributed by atoms with van der Waals surface area (Å²) in [6, 6.07) is 0.254. The van der Waals surface area contributed by atoms with Crippen LogP contribution in [0.3, 0.4) is 0 Å². The number of hydrogen-bond acceptors (Lipinski definition) is 2. The van der Waals surface area contributed by atoms with Gasteiger partial charge in [-0.05, 0) is 45.1 Å². The Kier molecular flexibility index (Phi) is 3.22. The van der Waals surface area contributed by atoms with E-state index >= 15 is 0 Å². The standard InChI is InChI=1S/C12H21NO/c1-10(14)12-7-2-3-8-13(12)9-11-5-4-6-11/h11-12H,2-9H2,1H3. The first-order chi connectivity index (χ1) is 6.77. The molecule has 0 aromatic rings. The van der Waals surface area contributed by atoms with Crippen LogP contribution >= 0.6 is 0 Å². The molecule has 80 valence electrons. The Bertz CT molecular complexity index is 210. The number of rotatable bonds is 3. The van der Waals surface area contributed by atoms with Crippen LogP contribution in [0.2, 0.25) is 0 Å². The molecule has 0 N–H and O–H groups in total.